The number of ether oxygens (including phenoxy) is 1. The second kappa shape index (κ2) is 11.9. The molecule has 3 aromatic heterocycles. The maximum atomic E-state index is 13.7. The van der Waals surface area contributed by atoms with Gasteiger partial charge in [-0.25, -0.2) is 18.8 Å². The van der Waals surface area contributed by atoms with E-state index in [1.165, 1.54) is 16.7 Å². The molecule has 3 heterocycles. The van der Waals surface area contributed by atoms with Crippen molar-refractivity contribution in [2.24, 2.45) is 0 Å². The molecule has 41 heavy (non-hydrogen) atoms. The van der Waals surface area contributed by atoms with E-state index in [0.717, 1.165) is 32.6 Å². The number of anilines is 1. The molecule has 0 fully saturated rings. The van der Waals surface area contributed by atoms with Gasteiger partial charge < -0.3 is 10.1 Å². The first-order valence-electron chi connectivity index (χ1n) is 12.8. The molecule has 0 spiro atoms. The summed E-state index contributed by atoms with van der Waals surface area (Å²) in [6.07, 6.45) is 5.22. The number of nitrogens with one attached hydrogen (secondary N) is 1. The Kier molecular flexibility index (Phi) is 7.99. The van der Waals surface area contributed by atoms with Gasteiger partial charge in [0.25, 0.3) is 0 Å². The van der Waals surface area contributed by atoms with Crippen molar-refractivity contribution >= 4 is 5.95 Å². The highest BCUT2D eigenvalue weighted by molar-refractivity contribution is 5.35. The van der Waals surface area contributed by atoms with Gasteiger partial charge in [0.05, 0.1) is 18.8 Å². The van der Waals surface area contributed by atoms with Crippen LogP contribution >= 0.6 is 0 Å². The van der Waals surface area contributed by atoms with Crippen LogP contribution in [-0.4, -0.2) is 35.5 Å². The van der Waals surface area contributed by atoms with E-state index >= 15 is 0 Å². The predicted molar refractivity (Wildman–Crippen MR) is 149 cm³/mol. The Morgan fingerprint density at radius 1 is 0.951 bits per heavy atom. The Hall–Kier alpha value is -5.13. The van der Waals surface area contributed by atoms with Crippen LogP contribution in [0.2, 0.25) is 0 Å². The molecule has 0 aliphatic rings. The fraction of sp³-hybridized carbons (Fsp3) is 0.207. The largest absolute Gasteiger partial charge is 0.435 e. The van der Waals surface area contributed by atoms with Crippen LogP contribution in [0, 0.1) is 13.8 Å². The van der Waals surface area contributed by atoms with Gasteiger partial charge in [-0.3, -0.25) is 9.55 Å². The van der Waals surface area contributed by atoms with Crippen molar-refractivity contribution in [2.45, 2.75) is 40.1 Å². The van der Waals surface area contributed by atoms with Crippen LogP contribution in [0.4, 0.5) is 14.7 Å². The lowest BCUT2D eigenvalue weighted by Crippen LogP contribution is -2.43. The third-order valence-electron chi connectivity index (χ3n) is 6.48. The Balaban J connectivity index is 1.47. The Bertz CT molecular complexity index is 1750. The maximum absolute atomic E-state index is 13.7. The lowest BCUT2D eigenvalue weighted by Gasteiger charge is -2.17. The molecule has 2 aromatic carbocycles. The molecule has 1 N–H and O–H groups in total. The fourth-order valence-electron chi connectivity index (χ4n) is 4.34. The first kappa shape index (κ1) is 27.4. The lowest BCUT2D eigenvalue weighted by atomic mass is 10.1. The summed E-state index contributed by atoms with van der Waals surface area (Å²) in [5.74, 6) is 0.0802. The number of rotatable bonds is 10. The van der Waals surface area contributed by atoms with E-state index in [4.69, 9.17) is 0 Å². The number of nitrogens with zero attached hydrogens (tertiary/aromatic N) is 6. The van der Waals surface area contributed by atoms with Gasteiger partial charge in [0, 0.05) is 30.8 Å². The summed E-state index contributed by atoms with van der Waals surface area (Å²) in [4.78, 5) is 35.3. The van der Waals surface area contributed by atoms with E-state index in [1.807, 2.05) is 56.4 Å². The van der Waals surface area contributed by atoms with E-state index < -0.39 is 18.0 Å². The monoisotopic (exact) mass is 559 g/mol. The number of benzene rings is 2. The molecule has 0 atom stereocenters. The summed E-state index contributed by atoms with van der Waals surface area (Å²) < 4.78 is 33.7. The van der Waals surface area contributed by atoms with Crippen molar-refractivity contribution in [3.05, 3.63) is 128 Å². The molecule has 5 aromatic rings. The molecule has 0 saturated carbocycles. The molecule has 0 bridgehead atoms. The topological polar surface area (TPSA) is 109 Å². The highest BCUT2D eigenvalue weighted by atomic mass is 19.3. The Morgan fingerprint density at radius 2 is 1.63 bits per heavy atom. The molecule has 0 amide bonds. The van der Waals surface area contributed by atoms with Gasteiger partial charge in [0.15, 0.2) is 0 Å². The van der Waals surface area contributed by atoms with Crippen LogP contribution in [0.15, 0.2) is 88.8 Å². The molecule has 0 radical (unpaired) electrons. The quantitative estimate of drug-likeness (QED) is 0.276. The summed E-state index contributed by atoms with van der Waals surface area (Å²) in [5, 5.41) is 7.31. The standard InChI is InChI=1S/C29H27F2N7O3/c1-19-14-20(2)32-15-23(19)16-33-27-35-28(39)37(18-21-4-8-24(9-5-21)38-13-3-12-34-38)29(40)36(27)17-22-6-10-25(11-7-22)41-26(30)31/h3-15,26H,16-18H2,1-2H3,(H,33,35,39). The van der Waals surface area contributed by atoms with Gasteiger partial charge in [-0.2, -0.15) is 18.9 Å². The summed E-state index contributed by atoms with van der Waals surface area (Å²) in [5.41, 5.74) is 3.66. The highest BCUT2D eigenvalue weighted by Crippen LogP contribution is 2.17. The minimum absolute atomic E-state index is 0.00144. The van der Waals surface area contributed by atoms with Crippen molar-refractivity contribution in [3.63, 3.8) is 0 Å². The van der Waals surface area contributed by atoms with Crippen LogP contribution in [0.5, 0.6) is 5.75 Å². The SMILES string of the molecule is Cc1cc(C)c(CNc2nc(=O)n(Cc3ccc(-n4cccn4)cc3)c(=O)n2Cc2ccc(OC(F)F)cc2)cn1. The van der Waals surface area contributed by atoms with E-state index in [1.54, 1.807) is 29.2 Å². The van der Waals surface area contributed by atoms with Gasteiger partial charge in [0.1, 0.15) is 5.75 Å². The Labute approximate surface area is 233 Å². The minimum Gasteiger partial charge on any atom is -0.435 e. The zero-order valence-electron chi connectivity index (χ0n) is 22.4. The second-order valence-electron chi connectivity index (χ2n) is 9.42. The molecule has 0 aliphatic heterocycles. The highest BCUT2D eigenvalue weighted by Gasteiger charge is 2.15. The first-order chi connectivity index (χ1) is 19.8. The number of pyridine rings is 1. The maximum Gasteiger partial charge on any atom is 0.387 e. The number of aryl methyl sites for hydroxylation is 2. The zero-order chi connectivity index (χ0) is 28.9. The number of hydrogen-bond donors (Lipinski definition) is 1. The number of alkyl halides is 2. The molecule has 210 valence electrons. The molecule has 0 saturated heterocycles. The lowest BCUT2D eigenvalue weighted by molar-refractivity contribution is -0.0498. The molecule has 0 aliphatic carbocycles. The van der Waals surface area contributed by atoms with E-state index in [2.05, 4.69) is 25.1 Å². The summed E-state index contributed by atoms with van der Waals surface area (Å²) in [6, 6.07) is 17.0. The molecular formula is C29H27F2N7O3. The Morgan fingerprint density at radius 3 is 2.27 bits per heavy atom. The van der Waals surface area contributed by atoms with E-state index in [-0.39, 0.29) is 31.3 Å². The van der Waals surface area contributed by atoms with Gasteiger partial charge in [-0.1, -0.05) is 24.3 Å². The van der Waals surface area contributed by atoms with Gasteiger partial charge in [0.2, 0.25) is 5.95 Å². The van der Waals surface area contributed by atoms with Crippen molar-refractivity contribution in [3.8, 4) is 11.4 Å². The van der Waals surface area contributed by atoms with E-state index in [0.29, 0.717) is 5.56 Å². The third-order valence-corrected chi connectivity index (χ3v) is 6.48. The van der Waals surface area contributed by atoms with Crippen LogP contribution in [0.1, 0.15) is 27.9 Å². The molecule has 0 unspecified atom stereocenters. The van der Waals surface area contributed by atoms with Gasteiger partial charge in [-0.05, 0) is 72.5 Å². The van der Waals surface area contributed by atoms with E-state index in [9.17, 15) is 18.4 Å². The third kappa shape index (κ3) is 6.55. The van der Waals surface area contributed by atoms with Crippen molar-refractivity contribution in [1.29, 1.82) is 0 Å². The van der Waals surface area contributed by atoms with Crippen molar-refractivity contribution in [2.75, 3.05) is 5.32 Å². The summed E-state index contributed by atoms with van der Waals surface area (Å²) in [6.45, 7) is 1.22. The van der Waals surface area contributed by atoms with Crippen molar-refractivity contribution < 1.29 is 13.5 Å². The molecule has 5 rings (SSSR count). The zero-order valence-corrected chi connectivity index (χ0v) is 22.4. The normalized spacial score (nSPS) is 11.1. The minimum atomic E-state index is -2.94. The smallest absolute Gasteiger partial charge is 0.387 e. The van der Waals surface area contributed by atoms with Crippen LogP contribution in [0.3, 0.4) is 0 Å². The van der Waals surface area contributed by atoms with Crippen molar-refractivity contribution in [1.82, 2.24) is 28.9 Å². The molecule has 12 heteroatoms. The number of halogens is 2. The number of aromatic nitrogens is 6. The van der Waals surface area contributed by atoms with Crippen LogP contribution < -0.4 is 21.4 Å². The summed E-state index contributed by atoms with van der Waals surface area (Å²) in [7, 11) is 0. The van der Waals surface area contributed by atoms with Crippen LogP contribution in [0.25, 0.3) is 5.69 Å². The second-order valence-corrected chi connectivity index (χ2v) is 9.42. The average Bonchev–Trinajstić information content (AvgIpc) is 3.49. The molecule has 10 nitrogen and oxygen atoms in total. The van der Waals surface area contributed by atoms with Crippen LogP contribution in [-0.2, 0) is 19.6 Å². The predicted octanol–water partition coefficient (Wildman–Crippen LogP) is 3.91. The summed E-state index contributed by atoms with van der Waals surface area (Å²) >= 11 is 0. The first-order valence-corrected chi connectivity index (χ1v) is 12.8. The average molecular weight is 560 g/mol. The van der Waals surface area contributed by atoms with Gasteiger partial charge in [-0.15, -0.1) is 0 Å². The molecular weight excluding hydrogens is 532 g/mol. The van der Waals surface area contributed by atoms with Gasteiger partial charge >= 0.3 is 18.0 Å². The fourth-order valence-corrected chi connectivity index (χ4v) is 4.34. The number of hydrogen-bond acceptors (Lipinski definition) is 7.